The van der Waals surface area contributed by atoms with Crippen LogP contribution in [0.5, 0.6) is 17.2 Å². The molecule has 0 aliphatic rings. The second kappa shape index (κ2) is 10.4. The number of halogens is 1. The Morgan fingerprint density at radius 3 is 2.28 bits per heavy atom. The van der Waals surface area contributed by atoms with Crippen molar-refractivity contribution in [2.75, 3.05) is 26.6 Å². The Kier molecular flexibility index (Phi) is 7.19. The van der Waals surface area contributed by atoms with Crippen LogP contribution in [-0.2, 0) is 0 Å². The lowest BCUT2D eigenvalue weighted by Gasteiger charge is -2.13. The molecule has 0 amide bonds. The molecule has 4 aromatic rings. The van der Waals surface area contributed by atoms with E-state index in [0.717, 1.165) is 33.7 Å². The predicted molar refractivity (Wildman–Crippen MR) is 128 cm³/mol. The van der Waals surface area contributed by atoms with Crippen LogP contribution in [0.4, 0.5) is 0 Å². The largest absolute Gasteiger partial charge is 0.497 e. The van der Waals surface area contributed by atoms with Crippen LogP contribution < -0.4 is 14.2 Å². The molecule has 0 saturated carbocycles. The fourth-order valence-electron chi connectivity index (χ4n) is 3.15. The summed E-state index contributed by atoms with van der Waals surface area (Å²) in [5.41, 5.74) is 1.78. The second-order valence-corrected chi connectivity index (χ2v) is 8.19. The number of aromatic nitrogens is 3. The molecule has 0 spiro atoms. The number of benzene rings is 3. The van der Waals surface area contributed by atoms with Gasteiger partial charge in [0.1, 0.15) is 17.2 Å². The molecule has 0 saturated heterocycles. The Bertz CT molecular complexity index is 1160. The molecule has 0 bridgehead atoms. The second-order valence-electron chi connectivity index (χ2n) is 6.69. The van der Waals surface area contributed by atoms with Crippen molar-refractivity contribution in [3.8, 4) is 34.3 Å². The minimum Gasteiger partial charge on any atom is -0.497 e. The average molecular weight is 468 g/mol. The molecular weight excluding hydrogens is 446 g/mol. The molecule has 1 heterocycles. The van der Waals surface area contributed by atoms with Gasteiger partial charge in [-0.3, -0.25) is 4.57 Å². The first-order valence-corrected chi connectivity index (χ1v) is 11.3. The SMILES string of the molecule is COc1ccc(OCCSc2nnc(-c3ccccc3OC)n2-c2ccc(Cl)cc2)cc1. The Balaban J connectivity index is 1.56. The molecule has 0 unspecified atom stereocenters. The Morgan fingerprint density at radius 1 is 0.844 bits per heavy atom. The van der Waals surface area contributed by atoms with Gasteiger partial charge in [0.05, 0.1) is 26.4 Å². The fraction of sp³-hybridized carbons (Fsp3) is 0.167. The zero-order valence-corrected chi connectivity index (χ0v) is 19.3. The smallest absolute Gasteiger partial charge is 0.196 e. The third-order valence-electron chi connectivity index (χ3n) is 4.71. The molecular formula is C24H22ClN3O3S. The summed E-state index contributed by atoms with van der Waals surface area (Å²) in [5.74, 6) is 3.72. The van der Waals surface area contributed by atoms with E-state index in [1.54, 1.807) is 26.0 Å². The number of para-hydroxylation sites is 1. The summed E-state index contributed by atoms with van der Waals surface area (Å²) >= 11 is 7.67. The minimum absolute atomic E-state index is 0.522. The average Bonchev–Trinajstić information content (AvgIpc) is 3.26. The first-order valence-electron chi connectivity index (χ1n) is 9.94. The topological polar surface area (TPSA) is 58.4 Å². The number of hydrogen-bond donors (Lipinski definition) is 0. The normalized spacial score (nSPS) is 10.7. The minimum atomic E-state index is 0.522. The van der Waals surface area contributed by atoms with E-state index in [1.165, 1.54) is 0 Å². The number of nitrogens with zero attached hydrogens (tertiary/aromatic N) is 3. The summed E-state index contributed by atoms with van der Waals surface area (Å²) in [6.07, 6.45) is 0. The van der Waals surface area contributed by atoms with E-state index in [2.05, 4.69) is 10.2 Å². The van der Waals surface area contributed by atoms with Gasteiger partial charge in [0.15, 0.2) is 11.0 Å². The van der Waals surface area contributed by atoms with Gasteiger partial charge in [0.2, 0.25) is 0 Å². The standard InChI is InChI=1S/C24H22ClN3O3S/c1-29-19-11-13-20(14-12-19)31-15-16-32-24-27-26-23(21-5-3-4-6-22(21)30-2)28(24)18-9-7-17(25)8-10-18/h3-14H,15-16H2,1-2H3. The van der Waals surface area contributed by atoms with Gasteiger partial charge in [-0.25, -0.2) is 0 Å². The third kappa shape index (κ3) is 5.00. The van der Waals surface area contributed by atoms with Gasteiger partial charge in [0.25, 0.3) is 0 Å². The molecule has 0 atom stereocenters. The fourth-order valence-corrected chi connectivity index (χ4v) is 4.05. The van der Waals surface area contributed by atoms with Crippen LogP contribution >= 0.6 is 23.4 Å². The van der Waals surface area contributed by atoms with Crippen molar-refractivity contribution in [2.24, 2.45) is 0 Å². The predicted octanol–water partition coefficient (Wildman–Crippen LogP) is 5.78. The zero-order valence-electron chi connectivity index (χ0n) is 17.7. The van der Waals surface area contributed by atoms with Gasteiger partial charge in [-0.15, -0.1) is 10.2 Å². The van der Waals surface area contributed by atoms with Crippen molar-refractivity contribution in [1.82, 2.24) is 14.8 Å². The summed E-state index contributed by atoms with van der Waals surface area (Å²) in [6.45, 7) is 0.522. The molecule has 8 heteroatoms. The Morgan fingerprint density at radius 2 is 1.56 bits per heavy atom. The van der Waals surface area contributed by atoms with Crippen LogP contribution in [-0.4, -0.2) is 41.3 Å². The monoisotopic (exact) mass is 467 g/mol. The molecule has 6 nitrogen and oxygen atoms in total. The van der Waals surface area contributed by atoms with Gasteiger partial charge < -0.3 is 14.2 Å². The molecule has 0 N–H and O–H groups in total. The van der Waals surface area contributed by atoms with Gasteiger partial charge in [0, 0.05) is 16.5 Å². The highest BCUT2D eigenvalue weighted by molar-refractivity contribution is 7.99. The lowest BCUT2D eigenvalue weighted by Crippen LogP contribution is -2.04. The van der Waals surface area contributed by atoms with E-state index < -0.39 is 0 Å². The van der Waals surface area contributed by atoms with Crippen molar-refractivity contribution in [2.45, 2.75) is 5.16 Å². The summed E-state index contributed by atoms with van der Waals surface area (Å²) in [6, 6.07) is 22.9. The summed E-state index contributed by atoms with van der Waals surface area (Å²) in [5, 5.41) is 10.3. The van der Waals surface area contributed by atoms with E-state index in [4.69, 9.17) is 25.8 Å². The number of hydrogen-bond acceptors (Lipinski definition) is 6. The number of methoxy groups -OCH3 is 2. The van der Waals surface area contributed by atoms with Gasteiger partial charge in [-0.1, -0.05) is 35.5 Å². The molecule has 3 aromatic carbocycles. The molecule has 0 aliphatic heterocycles. The lowest BCUT2D eigenvalue weighted by atomic mass is 10.2. The number of rotatable bonds is 9. The van der Waals surface area contributed by atoms with E-state index in [0.29, 0.717) is 23.2 Å². The molecule has 4 rings (SSSR count). The Hall–Kier alpha value is -3.16. The summed E-state index contributed by atoms with van der Waals surface area (Å²) in [7, 11) is 3.29. The highest BCUT2D eigenvalue weighted by atomic mass is 35.5. The van der Waals surface area contributed by atoms with Crippen LogP contribution in [0, 0.1) is 0 Å². The van der Waals surface area contributed by atoms with Crippen LogP contribution in [0.3, 0.4) is 0 Å². The molecule has 0 fully saturated rings. The third-order valence-corrected chi connectivity index (χ3v) is 5.85. The van der Waals surface area contributed by atoms with E-state index >= 15 is 0 Å². The van der Waals surface area contributed by atoms with Crippen molar-refractivity contribution in [3.63, 3.8) is 0 Å². The molecule has 0 aliphatic carbocycles. The van der Waals surface area contributed by atoms with E-state index in [-0.39, 0.29) is 0 Å². The van der Waals surface area contributed by atoms with Gasteiger partial charge >= 0.3 is 0 Å². The number of ether oxygens (including phenoxy) is 3. The van der Waals surface area contributed by atoms with Crippen LogP contribution in [0.1, 0.15) is 0 Å². The van der Waals surface area contributed by atoms with Crippen molar-refractivity contribution >= 4 is 23.4 Å². The van der Waals surface area contributed by atoms with Crippen LogP contribution in [0.15, 0.2) is 78.0 Å². The zero-order chi connectivity index (χ0) is 22.3. The maximum Gasteiger partial charge on any atom is 0.196 e. The molecule has 0 radical (unpaired) electrons. The van der Waals surface area contributed by atoms with Gasteiger partial charge in [-0.2, -0.15) is 0 Å². The maximum absolute atomic E-state index is 6.11. The Labute approximate surface area is 196 Å². The highest BCUT2D eigenvalue weighted by Crippen LogP contribution is 2.33. The van der Waals surface area contributed by atoms with Crippen molar-refractivity contribution in [1.29, 1.82) is 0 Å². The summed E-state index contributed by atoms with van der Waals surface area (Å²) < 4.78 is 18.6. The van der Waals surface area contributed by atoms with Crippen LogP contribution in [0.2, 0.25) is 5.02 Å². The van der Waals surface area contributed by atoms with E-state index in [1.807, 2.05) is 77.4 Å². The first-order chi connectivity index (χ1) is 15.7. The van der Waals surface area contributed by atoms with Gasteiger partial charge in [-0.05, 0) is 60.7 Å². The van der Waals surface area contributed by atoms with E-state index in [9.17, 15) is 0 Å². The van der Waals surface area contributed by atoms with Crippen molar-refractivity contribution in [3.05, 3.63) is 77.8 Å². The maximum atomic E-state index is 6.11. The first kappa shape index (κ1) is 22.0. The quantitative estimate of drug-likeness (QED) is 0.230. The molecule has 1 aromatic heterocycles. The lowest BCUT2D eigenvalue weighted by molar-refractivity contribution is 0.342. The molecule has 32 heavy (non-hydrogen) atoms. The van der Waals surface area contributed by atoms with Crippen molar-refractivity contribution < 1.29 is 14.2 Å². The molecule has 164 valence electrons. The van der Waals surface area contributed by atoms with Crippen LogP contribution in [0.25, 0.3) is 17.1 Å². The highest BCUT2D eigenvalue weighted by Gasteiger charge is 2.19. The summed E-state index contributed by atoms with van der Waals surface area (Å²) in [4.78, 5) is 0. The number of thioether (sulfide) groups is 1.